The van der Waals surface area contributed by atoms with E-state index in [2.05, 4.69) is 6.08 Å². The second-order valence-corrected chi connectivity index (χ2v) is 11.0. The lowest BCUT2D eigenvalue weighted by Gasteiger charge is -2.34. The third-order valence-corrected chi connectivity index (χ3v) is 8.56. The van der Waals surface area contributed by atoms with Crippen LogP contribution in [-0.2, 0) is 9.59 Å². The molecule has 2 heterocycles. The van der Waals surface area contributed by atoms with Gasteiger partial charge in [-0.3, -0.25) is 9.59 Å². The van der Waals surface area contributed by atoms with Crippen LogP contribution in [0.25, 0.3) is 5.57 Å². The van der Waals surface area contributed by atoms with Gasteiger partial charge in [-0.1, -0.05) is 12.1 Å². The number of halogens is 4. The standard InChI is InChI=1S/C28H34F4N2O3/c29-23-17-22(20-3-5-21(6-4-20)25(35)33-13-1-2-14-33)7-8-24(23)37-18-19-9-15-34(16-10-19)26(36)27(11-12-27)28(30,31)32/h3,7-8,17,19,21H,1-2,4-6,9-16,18H2. The van der Waals surface area contributed by atoms with Crippen LogP contribution in [0.2, 0.25) is 0 Å². The number of rotatable bonds is 6. The average Bonchev–Trinajstić information content (AvgIpc) is 3.55. The van der Waals surface area contributed by atoms with Gasteiger partial charge in [0.15, 0.2) is 11.6 Å². The van der Waals surface area contributed by atoms with Crippen LogP contribution in [0.15, 0.2) is 24.3 Å². The van der Waals surface area contributed by atoms with Gasteiger partial charge in [0.25, 0.3) is 0 Å². The first kappa shape index (κ1) is 26.0. The predicted molar refractivity (Wildman–Crippen MR) is 130 cm³/mol. The van der Waals surface area contributed by atoms with Gasteiger partial charge in [-0.25, -0.2) is 4.39 Å². The molecule has 1 atom stereocenters. The zero-order chi connectivity index (χ0) is 26.2. The van der Waals surface area contributed by atoms with Gasteiger partial charge in [0.1, 0.15) is 5.41 Å². The van der Waals surface area contributed by atoms with Crippen molar-refractivity contribution in [3.05, 3.63) is 35.7 Å². The summed E-state index contributed by atoms with van der Waals surface area (Å²) in [6.07, 6.45) is 2.71. The monoisotopic (exact) mass is 522 g/mol. The van der Waals surface area contributed by atoms with Crippen molar-refractivity contribution >= 4 is 17.4 Å². The average molecular weight is 523 g/mol. The maximum absolute atomic E-state index is 14.8. The third kappa shape index (κ3) is 5.36. The van der Waals surface area contributed by atoms with Crippen LogP contribution in [-0.4, -0.2) is 60.6 Å². The molecule has 5 rings (SSSR count). The number of likely N-dealkylation sites (tertiary alicyclic amines) is 2. The van der Waals surface area contributed by atoms with E-state index >= 15 is 0 Å². The van der Waals surface area contributed by atoms with E-state index < -0.39 is 23.3 Å². The van der Waals surface area contributed by atoms with E-state index in [0.29, 0.717) is 19.3 Å². The molecule has 2 amide bonds. The molecule has 2 aliphatic heterocycles. The molecule has 202 valence electrons. The number of allylic oxidation sites excluding steroid dienone is 2. The lowest BCUT2D eigenvalue weighted by molar-refractivity contribution is -0.199. The van der Waals surface area contributed by atoms with Gasteiger partial charge >= 0.3 is 6.18 Å². The quantitative estimate of drug-likeness (QED) is 0.458. The molecular formula is C28H34F4N2O3. The highest BCUT2D eigenvalue weighted by Gasteiger charge is 2.69. The number of amides is 2. The number of benzene rings is 1. The van der Waals surface area contributed by atoms with E-state index in [-0.39, 0.29) is 56.0 Å². The highest BCUT2D eigenvalue weighted by atomic mass is 19.4. The Morgan fingerprint density at radius 2 is 1.70 bits per heavy atom. The van der Waals surface area contributed by atoms with Crippen molar-refractivity contribution < 1.29 is 31.9 Å². The number of hydrogen-bond acceptors (Lipinski definition) is 3. The van der Waals surface area contributed by atoms with Gasteiger partial charge in [0, 0.05) is 32.1 Å². The van der Waals surface area contributed by atoms with E-state index in [1.165, 1.54) is 11.0 Å². The first-order chi connectivity index (χ1) is 17.7. The molecule has 1 aromatic carbocycles. The summed E-state index contributed by atoms with van der Waals surface area (Å²) in [5, 5.41) is 0. The largest absolute Gasteiger partial charge is 0.490 e. The molecule has 5 nitrogen and oxygen atoms in total. The second-order valence-electron chi connectivity index (χ2n) is 11.0. The number of piperidine rings is 1. The minimum atomic E-state index is -4.49. The van der Waals surface area contributed by atoms with Crippen LogP contribution >= 0.6 is 0 Å². The van der Waals surface area contributed by atoms with Crippen LogP contribution in [0.4, 0.5) is 17.6 Å². The first-order valence-electron chi connectivity index (χ1n) is 13.4. The minimum absolute atomic E-state index is 0.0132. The Hall–Kier alpha value is -2.58. The van der Waals surface area contributed by atoms with Gasteiger partial charge in [-0.05, 0) is 87.0 Å². The van der Waals surface area contributed by atoms with E-state index in [1.807, 2.05) is 11.0 Å². The summed E-state index contributed by atoms with van der Waals surface area (Å²) >= 11 is 0. The summed E-state index contributed by atoms with van der Waals surface area (Å²) in [7, 11) is 0. The fourth-order valence-electron chi connectivity index (χ4n) is 5.89. The summed E-state index contributed by atoms with van der Waals surface area (Å²) in [5.41, 5.74) is -0.332. The summed E-state index contributed by atoms with van der Waals surface area (Å²) < 4.78 is 60.3. The molecule has 0 aromatic heterocycles. The Kier molecular flexibility index (Phi) is 7.24. The molecule has 4 aliphatic rings. The summed E-state index contributed by atoms with van der Waals surface area (Å²) in [6.45, 7) is 2.50. The molecule has 0 bridgehead atoms. The fraction of sp³-hybridized carbons (Fsp3) is 0.643. The van der Waals surface area contributed by atoms with E-state index in [1.54, 1.807) is 6.07 Å². The summed E-state index contributed by atoms with van der Waals surface area (Å²) in [4.78, 5) is 28.4. The zero-order valence-corrected chi connectivity index (χ0v) is 21.0. The van der Waals surface area contributed by atoms with E-state index in [0.717, 1.165) is 49.9 Å². The molecule has 1 unspecified atom stereocenters. The first-order valence-corrected chi connectivity index (χ1v) is 13.4. The number of hydrogen-bond donors (Lipinski definition) is 0. The fourth-order valence-corrected chi connectivity index (χ4v) is 5.89. The highest BCUT2D eigenvalue weighted by Crippen LogP contribution is 2.58. The summed E-state index contributed by atoms with van der Waals surface area (Å²) in [6, 6.07) is 4.92. The Morgan fingerprint density at radius 1 is 1.00 bits per heavy atom. The molecule has 2 aliphatic carbocycles. The molecular weight excluding hydrogens is 488 g/mol. The van der Waals surface area contributed by atoms with Crippen molar-refractivity contribution in [2.45, 2.75) is 64.0 Å². The lowest BCUT2D eigenvalue weighted by atomic mass is 9.86. The Balaban J connectivity index is 1.10. The zero-order valence-electron chi connectivity index (χ0n) is 21.0. The molecule has 9 heteroatoms. The van der Waals surface area contributed by atoms with Crippen LogP contribution in [0, 0.1) is 23.1 Å². The number of alkyl halides is 3. The van der Waals surface area contributed by atoms with Crippen molar-refractivity contribution in [2.24, 2.45) is 17.3 Å². The number of nitrogens with zero attached hydrogens (tertiary/aromatic N) is 2. The van der Waals surface area contributed by atoms with Crippen LogP contribution in [0.1, 0.15) is 63.4 Å². The maximum Gasteiger partial charge on any atom is 0.403 e. The van der Waals surface area contributed by atoms with Crippen molar-refractivity contribution in [1.29, 1.82) is 0 Å². The van der Waals surface area contributed by atoms with Crippen molar-refractivity contribution in [2.75, 3.05) is 32.8 Å². The molecule has 0 radical (unpaired) electrons. The molecule has 2 saturated heterocycles. The highest BCUT2D eigenvalue weighted by molar-refractivity contribution is 5.86. The summed E-state index contributed by atoms with van der Waals surface area (Å²) in [5.74, 6) is -0.804. The van der Waals surface area contributed by atoms with Gasteiger partial charge in [-0.2, -0.15) is 13.2 Å². The normalized spacial score (nSPS) is 24.1. The van der Waals surface area contributed by atoms with Crippen molar-refractivity contribution in [1.82, 2.24) is 9.80 Å². The van der Waals surface area contributed by atoms with Crippen LogP contribution < -0.4 is 4.74 Å². The third-order valence-electron chi connectivity index (χ3n) is 8.56. The molecule has 1 aromatic rings. The smallest absolute Gasteiger partial charge is 0.403 e. The molecule has 0 N–H and O–H groups in total. The lowest BCUT2D eigenvalue weighted by Crippen LogP contribution is -2.47. The Morgan fingerprint density at radius 3 is 2.27 bits per heavy atom. The van der Waals surface area contributed by atoms with E-state index in [9.17, 15) is 27.2 Å². The maximum atomic E-state index is 14.8. The Bertz CT molecular complexity index is 1050. The molecule has 1 saturated carbocycles. The number of carbonyl (C=O) groups excluding carboxylic acids is 2. The molecule has 3 fully saturated rings. The SMILES string of the molecule is O=C(C1CC=C(c2ccc(OCC3CCN(C(=O)C4(C(F)(F)F)CC4)CC3)c(F)c2)CC1)N1CCCC1. The predicted octanol–water partition coefficient (Wildman–Crippen LogP) is 5.59. The topological polar surface area (TPSA) is 49.9 Å². The van der Waals surface area contributed by atoms with Gasteiger partial charge in [0.2, 0.25) is 11.8 Å². The minimum Gasteiger partial charge on any atom is -0.490 e. The molecule has 0 spiro atoms. The van der Waals surface area contributed by atoms with Gasteiger partial charge in [-0.15, -0.1) is 0 Å². The van der Waals surface area contributed by atoms with Crippen LogP contribution in [0.3, 0.4) is 0 Å². The van der Waals surface area contributed by atoms with Crippen LogP contribution in [0.5, 0.6) is 5.75 Å². The number of ether oxygens (including phenoxy) is 1. The van der Waals surface area contributed by atoms with E-state index in [4.69, 9.17) is 4.74 Å². The number of carbonyl (C=O) groups is 2. The van der Waals surface area contributed by atoms with Crippen molar-refractivity contribution in [3.63, 3.8) is 0 Å². The van der Waals surface area contributed by atoms with Crippen molar-refractivity contribution in [3.8, 4) is 5.75 Å². The molecule has 37 heavy (non-hydrogen) atoms. The second kappa shape index (κ2) is 10.3. The van der Waals surface area contributed by atoms with Gasteiger partial charge < -0.3 is 14.5 Å². The van der Waals surface area contributed by atoms with Gasteiger partial charge in [0.05, 0.1) is 6.61 Å². The Labute approximate surface area is 214 Å².